The summed E-state index contributed by atoms with van der Waals surface area (Å²) in [6.07, 6.45) is 5.26. The molecule has 2 atom stereocenters. The lowest BCUT2D eigenvalue weighted by Gasteiger charge is -2.35. The highest BCUT2D eigenvalue weighted by molar-refractivity contribution is 6.73. The van der Waals surface area contributed by atoms with Crippen LogP contribution in [0.3, 0.4) is 0 Å². The van der Waals surface area contributed by atoms with Crippen molar-refractivity contribution < 1.29 is 9.53 Å². The van der Waals surface area contributed by atoms with E-state index in [1.165, 1.54) is 18.1 Å². The van der Waals surface area contributed by atoms with Crippen LogP contribution in [-0.4, -0.2) is 26.1 Å². The monoisotopic (exact) mass is 258 g/mol. The predicted molar refractivity (Wildman–Crippen MR) is 77.8 cm³/mol. The molecule has 0 fully saturated rings. The van der Waals surface area contributed by atoms with E-state index in [2.05, 4.69) is 40.7 Å². The van der Waals surface area contributed by atoms with Crippen LogP contribution in [0.2, 0.25) is 18.1 Å². The van der Waals surface area contributed by atoms with Crippen LogP contribution < -0.4 is 0 Å². The van der Waals surface area contributed by atoms with Crippen LogP contribution >= 0.6 is 0 Å². The van der Waals surface area contributed by atoms with Crippen LogP contribution in [0.15, 0.2) is 12.2 Å². The summed E-state index contributed by atoms with van der Waals surface area (Å²) in [4.78, 5) is 0. The Bertz CT molecular complexity index is 204. The molecule has 0 radical (unpaired) electrons. The van der Waals surface area contributed by atoms with Gasteiger partial charge in [-0.15, -0.1) is 0 Å². The number of aliphatic hydroxyl groups is 1. The average Bonchev–Trinajstić information content (AvgIpc) is 2.38. The van der Waals surface area contributed by atoms with Crippen molar-refractivity contribution >= 4 is 8.32 Å². The zero-order valence-corrected chi connectivity index (χ0v) is 13.2. The normalized spacial score (nSPS) is 16.4. The molecule has 0 unspecified atom stereocenters. The van der Waals surface area contributed by atoms with Gasteiger partial charge in [-0.3, -0.25) is 0 Å². The van der Waals surface area contributed by atoms with Gasteiger partial charge in [0.1, 0.15) is 0 Å². The Morgan fingerprint density at radius 3 is 2.00 bits per heavy atom. The lowest BCUT2D eigenvalue weighted by atomic mass is 10.0. The van der Waals surface area contributed by atoms with E-state index in [0.717, 1.165) is 6.42 Å². The van der Waals surface area contributed by atoms with Gasteiger partial charge in [-0.2, -0.15) is 0 Å². The maximum Gasteiger partial charge on any atom is 0.192 e. The molecule has 0 saturated carbocycles. The van der Waals surface area contributed by atoms with Crippen molar-refractivity contribution in [2.24, 2.45) is 5.92 Å². The van der Waals surface area contributed by atoms with Gasteiger partial charge in [-0.25, -0.2) is 0 Å². The second-order valence-corrected chi connectivity index (χ2v) is 9.50. The molecule has 3 heteroatoms. The van der Waals surface area contributed by atoms with Crippen molar-refractivity contribution in [2.45, 2.75) is 65.3 Å². The summed E-state index contributed by atoms with van der Waals surface area (Å²) in [7, 11) is -1.50. The molecule has 1 N–H and O–H groups in total. The molecule has 0 saturated heterocycles. The number of aliphatic hydroxyl groups excluding tert-OH is 1. The second-order valence-electron chi connectivity index (χ2n) is 4.78. The van der Waals surface area contributed by atoms with Crippen LogP contribution in [0.25, 0.3) is 0 Å². The fourth-order valence-corrected chi connectivity index (χ4v) is 5.31. The van der Waals surface area contributed by atoms with E-state index in [1.807, 2.05) is 6.08 Å². The smallest absolute Gasteiger partial charge is 0.192 e. The first-order valence-electron chi connectivity index (χ1n) is 7.04. The largest absolute Gasteiger partial charge is 0.413 e. The third kappa shape index (κ3) is 5.36. The number of rotatable bonds is 9. The van der Waals surface area contributed by atoms with Gasteiger partial charge in [0.2, 0.25) is 0 Å². The summed E-state index contributed by atoms with van der Waals surface area (Å²) < 4.78 is 6.50. The van der Waals surface area contributed by atoms with Gasteiger partial charge < -0.3 is 9.53 Å². The minimum atomic E-state index is -1.50. The zero-order valence-electron chi connectivity index (χ0n) is 12.2. The Morgan fingerprint density at radius 2 is 1.65 bits per heavy atom. The fraction of sp³-hybridized carbons (Fsp3) is 0.857. The molecule has 2 nitrogen and oxygen atoms in total. The van der Waals surface area contributed by atoms with Gasteiger partial charge >= 0.3 is 0 Å². The molecular weight excluding hydrogens is 228 g/mol. The van der Waals surface area contributed by atoms with E-state index in [0.29, 0.717) is 12.0 Å². The van der Waals surface area contributed by atoms with Crippen LogP contribution in [0.1, 0.15) is 41.0 Å². The quantitative estimate of drug-likeness (QED) is 0.501. The molecule has 0 heterocycles. The van der Waals surface area contributed by atoms with Gasteiger partial charge in [0.05, 0.1) is 12.7 Å². The summed E-state index contributed by atoms with van der Waals surface area (Å²) in [5, 5.41) is 8.82. The molecule has 0 aliphatic heterocycles. The summed E-state index contributed by atoms with van der Waals surface area (Å²) in [5.41, 5.74) is 0. The van der Waals surface area contributed by atoms with Crippen LogP contribution in [0.5, 0.6) is 0 Å². The first kappa shape index (κ1) is 16.9. The van der Waals surface area contributed by atoms with Crippen LogP contribution in [0.4, 0.5) is 0 Å². The highest BCUT2D eigenvalue weighted by Gasteiger charge is 2.32. The van der Waals surface area contributed by atoms with Gasteiger partial charge in [-0.1, -0.05) is 46.8 Å². The Balaban J connectivity index is 4.60. The highest BCUT2D eigenvalue weighted by Crippen LogP contribution is 2.27. The lowest BCUT2D eigenvalue weighted by Crippen LogP contribution is -2.41. The minimum absolute atomic E-state index is 0.124. The second kappa shape index (κ2) is 8.89. The van der Waals surface area contributed by atoms with Gasteiger partial charge in [0.15, 0.2) is 8.32 Å². The topological polar surface area (TPSA) is 29.5 Å². The van der Waals surface area contributed by atoms with Gasteiger partial charge in [-0.05, 0) is 30.5 Å². The van der Waals surface area contributed by atoms with Crippen molar-refractivity contribution in [2.75, 3.05) is 6.61 Å². The third-order valence-corrected chi connectivity index (χ3v) is 8.54. The van der Waals surface area contributed by atoms with Gasteiger partial charge in [0, 0.05) is 0 Å². The van der Waals surface area contributed by atoms with Crippen molar-refractivity contribution in [3.63, 3.8) is 0 Å². The van der Waals surface area contributed by atoms with E-state index in [9.17, 15) is 0 Å². The van der Waals surface area contributed by atoms with Crippen LogP contribution in [-0.2, 0) is 4.43 Å². The molecule has 0 aliphatic rings. The molecular formula is C14H30O2Si. The zero-order chi connectivity index (χ0) is 13.3. The SMILES string of the molecule is CC[C@@H](O[Si](CC)(CC)CC)[C@@H](C)/C=C/CO. The Hall–Kier alpha value is -0.123. The summed E-state index contributed by atoms with van der Waals surface area (Å²) in [6, 6.07) is 3.60. The van der Waals surface area contributed by atoms with E-state index in [-0.39, 0.29) is 6.61 Å². The van der Waals surface area contributed by atoms with E-state index >= 15 is 0 Å². The summed E-state index contributed by atoms with van der Waals surface area (Å²) in [5.74, 6) is 0.392. The van der Waals surface area contributed by atoms with Crippen molar-refractivity contribution in [3.8, 4) is 0 Å². The van der Waals surface area contributed by atoms with Crippen molar-refractivity contribution in [1.82, 2.24) is 0 Å². The molecule has 102 valence electrons. The molecule has 17 heavy (non-hydrogen) atoms. The van der Waals surface area contributed by atoms with Crippen molar-refractivity contribution in [3.05, 3.63) is 12.2 Å². The fourth-order valence-electron chi connectivity index (χ4n) is 2.28. The number of hydrogen-bond acceptors (Lipinski definition) is 2. The molecule has 0 aromatic rings. The molecule has 0 aliphatic carbocycles. The van der Waals surface area contributed by atoms with E-state index < -0.39 is 8.32 Å². The Morgan fingerprint density at radius 1 is 1.12 bits per heavy atom. The predicted octanol–water partition coefficient (Wildman–Crippen LogP) is 3.97. The molecule has 0 bridgehead atoms. The van der Waals surface area contributed by atoms with Gasteiger partial charge in [0.25, 0.3) is 0 Å². The summed E-state index contributed by atoms with van der Waals surface area (Å²) >= 11 is 0. The maximum atomic E-state index is 8.82. The number of hydrogen-bond donors (Lipinski definition) is 1. The molecule has 0 aromatic heterocycles. The average molecular weight is 258 g/mol. The molecule has 0 rings (SSSR count). The maximum absolute atomic E-state index is 8.82. The van der Waals surface area contributed by atoms with Crippen LogP contribution in [0, 0.1) is 5.92 Å². The van der Waals surface area contributed by atoms with Crippen molar-refractivity contribution in [1.29, 1.82) is 0 Å². The highest BCUT2D eigenvalue weighted by atomic mass is 28.4. The molecule has 0 aromatic carbocycles. The molecule has 0 spiro atoms. The first-order valence-corrected chi connectivity index (χ1v) is 9.57. The molecule has 0 amide bonds. The summed E-state index contributed by atoms with van der Waals surface area (Å²) in [6.45, 7) is 11.3. The Labute approximate surface area is 108 Å². The Kier molecular flexibility index (Phi) is 8.83. The lowest BCUT2D eigenvalue weighted by molar-refractivity contribution is 0.145. The first-order chi connectivity index (χ1) is 8.09. The van der Waals surface area contributed by atoms with E-state index in [4.69, 9.17) is 9.53 Å². The van der Waals surface area contributed by atoms with E-state index in [1.54, 1.807) is 0 Å². The minimum Gasteiger partial charge on any atom is -0.413 e. The third-order valence-electron chi connectivity index (χ3n) is 3.87. The standard InChI is InChI=1S/C14H30O2Si/c1-6-14(13(5)11-10-12-15)16-17(7-2,8-3)9-4/h10-11,13-15H,6-9,12H2,1-5H3/b11-10+/t13-,14+/m0/s1.